The average molecular weight is 250 g/mol. The molecule has 1 heteroatoms. The predicted octanol–water partition coefficient (Wildman–Crippen LogP) is 5.61. The molecule has 0 saturated carbocycles. The summed E-state index contributed by atoms with van der Waals surface area (Å²) in [6.45, 7) is 3.84. The highest BCUT2D eigenvalue weighted by Crippen LogP contribution is 2.10. The van der Waals surface area contributed by atoms with Gasteiger partial charge in [0, 0.05) is 6.42 Å². The molecule has 0 atom stereocenters. The third-order valence-corrected chi connectivity index (χ3v) is 3.02. The Labute approximate surface area is 113 Å². The van der Waals surface area contributed by atoms with Crippen molar-refractivity contribution in [3.05, 3.63) is 24.3 Å². The topological polar surface area (TPSA) is 17.1 Å². The summed E-state index contributed by atoms with van der Waals surface area (Å²) in [4.78, 5) is 10.7. The van der Waals surface area contributed by atoms with Crippen LogP contribution in [-0.2, 0) is 4.79 Å². The van der Waals surface area contributed by atoms with Crippen molar-refractivity contribution in [3.8, 4) is 0 Å². The minimum absolute atomic E-state index is 0.332. The Balaban J connectivity index is 3.09. The highest BCUT2D eigenvalue weighted by Gasteiger charge is 1.94. The van der Waals surface area contributed by atoms with Gasteiger partial charge in [-0.15, -0.1) is 0 Å². The zero-order chi connectivity index (χ0) is 13.5. The Morgan fingerprint density at radius 1 is 0.833 bits per heavy atom. The lowest BCUT2D eigenvalue weighted by Gasteiger charge is -2.00. The van der Waals surface area contributed by atoms with E-state index in [1.165, 1.54) is 44.9 Å². The maximum absolute atomic E-state index is 10.7. The van der Waals surface area contributed by atoms with E-state index < -0.39 is 0 Å². The van der Waals surface area contributed by atoms with Crippen LogP contribution in [0.4, 0.5) is 0 Å². The van der Waals surface area contributed by atoms with Crippen molar-refractivity contribution in [2.45, 2.75) is 78.1 Å². The van der Waals surface area contributed by atoms with Crippen LogP contribution in [0.15, 0.2) is 24.3 Å². The van der Waals surface area contributed by atoms with E-state index in [-0.39, 0.29) is 0 Å². The number of ketones is 1. The number of carbonyl (C=O) groups excluding carboxylic acids is 1. The van der Waals surface area contributed by atoms with Crippen LogP contribution >= 0.6 is 0 Å². The zero-order valence-electron chi connectivity index (χ0n) is 12.3. The smallest absolute Gasteiger partial charge is 0.129 e. The molecule has 0 aromatic rings. The number of hydrogen-bond acceptors (Lipinski definition) is 1. The SMILES string of the molecule is CC/C=C\C=C/CCCCCCCCCC(C)=O. The first kappa shape index (κ1) is 17.2. The number of hydrogen-bond donors (Lipinski definition) is 0. The van der Waals surface area contributed by atoms with Gasteiger partial charge in [0.05, 0.1) is 0 Å². The molecule has 0 bridgehead atoms. The third kappa shape index (κ3) is 15.1. The maximum Gasteiger partial charge on any atom is 0.129 e. The molecule has 104 valence electrons. The average Bonchev–Trinajstić information content (AvgIpc) is 2.34. The molecule has 0 N–H and O–H groups in total. The first-order valence-electron chi connectivity index (χ1n) is 7.58. The summed E-state index contributed by atoms with van der Waals surface area (Å²) in [6.07, 6.45) is 20.8. The van der Waals surface area contributed by atoms with E-state index in [2.05, 4.69) is 31.2 Å². The number of carbonyl (C=O) groups is 1. The first-order chi connectivity index (χ1) is 8.77. The van der Waals surface area contributed by atoms with Crippen LogP contribution in [0.25, 0.3) is 0 Å². The summed E-state index contributed by atoms with van der Waals surface area (Å²) in [7, 11) is 0. The van der Waals surface area contributed by atoms with E-state index in [0.29, 0.717) is 5.78 Å². The summed E-state index contributed by atoms with van der Waals surface area (Å²) in [5.41, 5.74) is 0. The lowest BCUT2D eigenvalue weighted by Crippen LogP contribution is -1.89. The van der Waals surface area contributed by atoms with Crippen LogP contribution in [0.1, 0.15) is 78.1 Å². The number of allylic oxidation sites excluding steroid dienone is 4. The summed E-state index contributed by atoms with van der Waals surface area (Å²) < 4.78 is 0. The molecule has 18 heavy (non-hydrogen) atoms. The van der Waals surface area contributed by atoms with E-state index in [0.717, 1.165) is 19.3 Å². The molecule has 0 spiro atoms. The Morgan fingerprint density at radius 3 is 2.00 bits per heavy atom. The van der Waals surface area contributed by atoms with Gasteiger partial charge in [0.1, 0.15) is 5.78 Å². The van der Waals surface area contributed by atoms with E-state index in [1.807, 2.05) is 0 Å². The molecule has 0 radical (unpaired) electrons. The van der Waals surface area contributed by atoms with E-state index >= 15 is 0 Å². The van der Waals surface area contributed by atoms with Crippen LogP contribution in [0.3, 0.4) is 0 Å². The van der Waals surface area contributed by atoms with Crippen LogP contribution in [-0.4, -0.2) is 5.78 Å². The second-order valence-corrected chi connectivity index (χ2v) is 4.98. The second kappa shape index (κ2) is 14.2. The molecule has 0 aliphatic carbocycles. The Kier molecular flexibility index (Phi) is 13.5. The van der Waals surface area contributed by atoms with Gasteiger partial charge in [0.15, 0.2) is 0 Å². The van der Waals surface area contributed by atoms with Gasteiger partial charge in [-0.25, -0.2) is 0 Å². The zero-order valence-corrected chi connectivity index (χ0v) is 12.3. The molecule has 0 aromatic carbocycles. The van der Waals surface area contributed by atoms with E-state index in [4.69, 9.17) is 0 Å². The number of unbranched alkanes of at least 4 members (excludes halogenated alkanes) is 7. The van der Waals surface area contributed by atoms with Gasteiger partial charge in [-0.1, -0.05) is 63.3 Å². The van der Waals surface area contributed by atoms with Gasteiger partial charge in [0.2, 0.25) is 0 Å². The molecule has 0 unspecified atom stereocenters. The van der Waals surface area contributed by atoms with Gasteiger partial charge < -0.3 is 4.79 Å². The molecule has 0 fully saturated rings. The normalized spacial score (nSPS) is 11.7. The largest absolute Gasteiger partial charge is 0.300 e. The van der Waals surface area contributed by atoms with Crippen LogP contribution in [0.5, 0.6) is 0 Å². The predicted molar refractivity (Wildman–Crippen MR) is 80.8 cm³/mol. The Hall–Kier alpha value is -0.850. The molecule has 0 amide bonds. The fourth-order valence-corrected chi connectivity index (χ4v) is 1.91. The summed E-state index contributed by atoms with van der Waals surface area (Å²) in [5, 5.41) is 0. The van der Waals surface area contributed by atoms with Crippen LogP contribution in [0, 0.1) is 0 Å². The fraction of sp³-hybridized carbons (Fsp3) is 0.706. The van der Waals surface area contributed by atoms with Crippen molar-refractivity contribution < 1.29 is 4.79 Å². The molecule has 0 aliphatic rings. The van der Waals surface area contributed by atoms with Crippen LogP contribution < -0.4 is 0 Å². The Morgan fingerprint density at radius 2 is 1.39 bits per heavy atom. The lowest BCUT2D eigenvalue weighted by atomic mass is 10.1. The van der Waals surface area contributed by atoms with Gasteiger partial charge in [-0.3, -0.25) is 0 Å². The monoisotopic (exact) mass is 250 g/mol. The van der Waals surface area contributed by atoms with Crippen molar-refractivity contribution in [1.29, 1.82) is 0 Å². The van der Waals surface area contributed by atoms with Gasteiger partial charge in [-0.2, -0.15) is 0 Å². The first-order valence-corrected chi connectivity index (χ1v) is 7.58. The second-order valence-electron chi connectivity index (χ2n) is 4.98. The van der Waals surface area contributed by atoms with E-state index in [9.17, 15) is 4.79 Å². The van der Waals surface area contributed by atoms with Crippen molar-refractivity contribution in [2.24, 2.45) is 0 Å². The molecule has 0 rings (SSSR count). The van der Waals surface area contributed by atoms with Crippen molar-refractivity contribution in [2.75, 3.05) is 0 Å². The standard InChI is InChI=1S/C17H30O/c1-3-4-5-6-7-8-9-10-11-12-13-14-15-16-17(2)18/h4-7H,3,8-16H2,1-2H3/b5-4-,7-6-. The van der Waals surface area contributed by atoms with Gasteiger partial charge >= 0.3 is 0 Å². The lowest BCUT2D eigenvalue weighted by molar-refractivity contribution is -0.117. The quantitative estimate of drug-likeness (QED) is 0.325. The van der Waals surface area contributed by atoms with Crippen molar-refractivity contribution >= 4 is 5.78 Å². The molecule has 0 aliphatic heterocycles. The van der Waals surface area contributed by atoms with Gasteiger partial charge in [0.25, 0.3) is 0 Å². The Bertz CT molecular complexity index is 238. The molecular formula is C17H30O. The van der Waals surface area contributed by atoms with Crippen molar-refractivity contribution in [3.63, 3.8) is 0 Å². The molecule has 0 saturated heterocycles. The molecule has 0 aromatic heterocycles. The minimum Gasteiger partial charge on any atom is -0.300 e. The summed E-state index contributed by atoms with van der Waals surface area (Å²) >= 11 is 0. The number of rotatable bonds is 12. The fourth-order valence-electron chi connectivity index (χ4n) is 1.91. The molecule has 0 heterocycles. The summed E-state index contributed by atoms with van der Waals surface area (Å²) in [5.74, 6) is 0.332. The third-order valence-electron chi connectivity index (χ3n) is 3.02. The van der Waals surface area contributed by atoms with Gasteiger partial charge in [-0.05, 0) is 32.6 Å². The summed E-state index contributed by atoms with van der Waals surface area (Å²) in [6, 6.07) is 0. The highest BCUT2D eigenvalue weighted by atomic mass is 16.1. The minimum atomic E-state index is 0.332. The van der Waals surface area contributed by atoms with Crippen molar-refractivity contribution in [1.82, 2.24) is 0 Å². The maximum atomic E-state index is 10.7. The molecule has 1 nitrogen and oxygen atoms in total. The highest BCUT2D eigenvalue weighted by molar-refractivity contribution is 5.75. The van der Waals surface area contributed by atoms with Crippen LogP contribution in [0.2, 0.25) is 0 Å². The molecular weight excluding hydrogens is 220 g/mol. The number of Topliss-reactive ketones (excluding diaryl/α,β-unsaturated/α-hetero) is 1. The van der Waals surface area contributed by atoms with E-state index in [1.54, 1.807) is 6.92 Å².